The minimum Gasteiger partial charge on any atom is -0.307 e. The number of hydrogen-bond acceptors (Lipinski definition) is 3. The average Bonchev–Trinajstić information content (AvgIpc) is 2.56. The highest BCUT2D eigenvalue weighted by atomic mass is 32.1. The van der Waals surface area contributed by atoms with Crippen LogP contribution in [0.2, 0.25) is 0 Å². The van der Waals surface area contributed by atoms with Crippen molar-refractivity contribution in [2.45, 2.75) is 72.9 Å². The Morgan fingerprint density at radius 2 is 1.78 bits per heavy atom. The smallest absolute Gasteiger partial charge is 0.0934 e. The molecule has 104 valence electrons. The van der Waals surface area contributed by atoms with E-state index in [1.165, 1.54) is 15.6 Å². The van der Waals surface area contributed by atoms with Crippen molar-refractivity contribution in [2.24, 2.45) is 5.92 Å². The van der Waals surface area contributed by atoms with E-state index in [4.69, 9.17) is 4.98 Å². The first-order chi connectivity index (χ1) is 8.19. The van der Waals surface area contributed by atoms with E-state index >= 15 is 0 Å². The van der Waals surface area contributed by atoms with Gasteiger partial charge in [-0.05, 0) is 32.6 Å². The molecule has 2 nitrogen and oxygen atoms in total. The quantitative estimate of drug-likeness (QED) is 0.858. The topological polar surface area (TPSA) is 24.9 Å². The average molecular weight is 268 g/mol. The van der Waals surface area contributed by atoms with Gasteiger partial charge in [0, 0.05) is 23.4 Å². The maximum atomic E-state index is 4.83. The van der Waals surface area contributed by atoms with Crippen LogP contribution in [0.4, 0.5) is 0 Å². The molecule has 3 heteroatoms. The van der Waals surface area contributed by atoms with Gasteiger partial charge in [0.05, 0.1) is 10.7 Å². The predicted octanol–water partition coefficient (Wildman–Crippen LogP) is 4.35. The van der Waals surface area contributed by atoms with E-state index in [1.54, 1.807) is 0 Å². The van der Waals surface area contributed by atoms with Crippen molar-refractivity contribution >= 4 is 11.3 Å². The van der Waals surface area contributed by atoms with Crippen molar-refractivity contribution in [3.8, 4) is 0 Å². The first kappa shape index (κ1) is 15.6. The fourth-order valence-electron chi connectivity index (χ4n) is 1.77. The summed E-state index contributed by atoms with van der Waals surface area (Å²) in [5, 5.41) is 4.86. The largest absolute Gasteiger partial charge is 0.307 e. The second-order valence-electron chi connectivity index (χ2n) is 6.77. The molecule has 18 heavy (non-hydrogen) atoms. The van der Waals surface area contributed by atoms with Crippen molar-refractivity contribution in [2.75, 3.05) is 0 Å². The van der Waals surface area contributed by atoms with Gasteiger partial charge in [-0.1, -0.05) is 27.7 Å². The van der Waals surface area contributed by atoms with Crippen LogP contribution >= 0.6 is 11.3 Å². The van der Waals surface area contributed by atoms with Gasteiger partial charge in [0.1, 0.15) is 0 Å². The second kappa shape index (κ2) is 6.16. The lowest BCUT2D eigenvalue weighted by atomic mass is 10.1. The van der Waals surface area contributed by atoms with Gasteiger partial charge in [0.15, 0.2) is 0 Å². The standard InChI is InChI=1S/C15H28N2S/c1-10(2)8-13-17-14(11(3)4)12(18-13)9-16-15(5,6)7/h10-11,16H,8-9H2,1-7H3. The van der Waals surface area contributed by atoms with Crippen LogP contribution in [0.15, 0.2) is 0 Å². The van der Waals surface area contributed by atoms with Gasteiger partial charge < -0.3 is 5.32 Å². The molecule has 0 aliphatic rings. The highest BCUT2D eigenvalue weighted by Gasteiger charge is 2.17. The van der Waals surface area contributed by atoms with Crippen molar-refractivity contribution < 1.29 is 0 Å². The van der Waals surface area contributed by atoms with E-state index in [9.17, 15) is 0 Å². The number of nitrogens with zero attached hydrogens (tertiary/aromatic N) is 1. The number of rotatable bonds is 5. The highest BCUT2D eigenvalue weighted by molar-refractivity contribution is 7.11. The van der Waals surface area contributed by atoms with Crippen molar-refractivity contribution in [1.82, 2.24) is 10.3 Å². The molecule has 0 aliphatic heterocycles. The van der Waals surface area contributed by atoms with Crippen LogP contribution in [-0.2, 0) is 13.0 Å². The predicted molar refractivity (Wildman–Crippen MR) is 81.3 cm³/mol. The highest BCUT2D eigenvalue weighted by Crippen LogP contribution is 2.27. The fraction of sp³-hybridized carbons (Fsp3) is 0.800. The molecule has 0 amide bonds. The zero-order chi connectivity index (χ0) is 13.9. The molecule has 0 fully saturated rings. The summed E-state index contributed by atoms with van der Waals surface area (Å²) in [6, 6.07) is 0. The van der Waals surface area contributed by atoms with E-state index in [1.807, 2.05) is 11.3 Å². The summed E-state index contributed by atoms with van der Waals surface area (Å²) in [6.07, 6.45) is 1.10. The Bertz CT molecular complexity index is 372. The van der Waals surface area contributed by atoms with Crippen LogP contribution in [0.1, 0.15) is 70.0 Å². The lowest BCUT2D eigenvalue weighted by Crippen LogP contribution is -2.35. The molecule has 0 aromatic carbocycles. The maximum absolute atomic E-state index is 4.83. The summed E-state index contributed by atoms with van der Waals surface area (Å²) < 4.78 is 0. The molecule has 0 radical (unpaired) electrons. The Balaban J connectivity index is 2.84. The van der Waals surface area contributed by atoms with Crippen LogP contribution in [0.25, 0.3) is 0 Å². The summed E-state index contributed by atoms with van der Waals surface area (Å²) in [6.45, 7) is 16.5. The van der Waals surface area contributed by atoms with E-state index in [0.29, 0.717) is 11.8 Å². The van der Waals surface area contributed by atoms with Crippen molar-refractivity contribution in [3.05, 3.63) is 15.6 Å². The van der Waals surface area contributed by atoms with E-state index in [-0.39, 0.29) is 5.54 Å². The van der Waals surface area contributed by atoms with E-state index in [2.05, 4.69) is 53.8 Å². The summed E-state index contributed by atoms with van der Waals surface area (Å²) >= 11 is 1.88. The fourth-order valence-corrected chi connectivity index (χ4v) is 3.15. The molecular formula is C15H28N2S. The molecule has 1 aromatic rings. The van der Waals surface area contributed by atoms with Gasteiger partial charge in [-0.15, -0.1) is 11.3 Å². The summed E-state index contributed by atoms with van der Waals surface area (Å²) in [5.41, 5.74) is 1.45. The van der Waals surface area contributed by atoms with Crippen LogP contribution in [0, 0.1) is 5.92 Å². The second-order valence-corrected chi connectivity index (χ2v) is 7.94. The normalized spacial score (nSPS) is 12.7. The third-order valence-electron chi connectivity index (χ3n) is 2.68. The molecule has 0 atom stereocenters. The van der Waals surface area contributed by atoms with Crippen LogP contribution < -0.4 is 5.32 Å². The van der Waals surface area contributed by atoms with Crippen LogP contribution in [0.5, 0.6) is 0 Å². The minimum absolute atomic E-state index is 0.163. The molecule has 1 heterocycles. The first-order valence-corrected chi connectivity index (χ1v) is 7.74. The summed E-state index contributed by atoms with van der Waals surface area (Å²) in [4.78, 5) is 6.24. The van der Waals surface area contributed by atoms with Crippen molar-refractivity contribution in [1.29, 1.82) is 0 Å². The van der Waals surface area contributed by atoms with E-state index in [0.717, 1.165) is 13.0 Å². The molecule has 0 aliphatic carbocycles. The monoisotopic (exact) mass is 268 g/mol. The maximum Gasteiger partial charge on any atom is 0.0934 e. The van der Waals surface area contributed by atoms with Gasteiger partial charge in [-0.3, -0.25) is 0 Å². The molecular weight excluding hydrogens is 240 g/mol. The van der Waals surface area contributed by atoms with Gasteiger partial charge >= 0.3 is 0 Å². The van der Waals surface area contributed by atoms with E-state index < -0.39 is 0 Å². The van der Waals surface area contributed by atoms with Gasteiger partial charge in [-0.25, -0.2) is 4.98 Å². The first-order valence-electron chi connectivity index (χ1n) is 6.92. The molecule has 1 N–H and O–H groups in total. The van der Waals surface area contributed by atoms with Gasteiger partial charge in [-0.2, -0.15) is 0 Å². The number of aromatic nitrogens is 1. The van der Waals surface area contributed by atoms with Crippen molar-refractivity contribution in [3.63, 3.8) is 0 Å². The van der Waals surface area contributed by atoms with Crippen LogP contribution in [0.3, 0.4) is 0 Å². The number of nitrogens with one attached hydrogen (secondary N) is 1. The zero-order valence-corrected chi connectivity index (χ0v) is 13.7. The number of thiazole rings is 1. The molecule has 0 saturated carbocycles. The van der Waals surface area contributed by atoms with Crippen LogP contribution in [-0.4, -0.2) is 10.5 Å². The number of hydrogen-bond donors (Lipinski definition) is 1. The lowest BCUT2D eigenvalue weighted by molar-refractivity contribution is 0.425. The Morgan fingerprint density at radius 1 is 1.17 bits per heavy atom. The Labute approximate surface area is 116 Å². The molecule has 0 spiro atoms. The molecule has 1 rings (SSSR count). The summed E-state index contributed by atoms with van der Waals surface area (Å²) in [7, 11) is 0. The Hall–Kier alpha value is -0.410. The van der Waals surface area contributed by atoms with Gasteiger partial charge in [0.25, 0.3) is 0 Å². The zero-order valence-electron chi connectivity index (χ0n) is 12.9. The molecule has 0 unspecified atom stereocenters. The molecule has 1 aromatic heterocycles. The molecule has 0 saturated heterocycles. The Kier molecular flexibility index (Phi) is 5.35. The summed E-state index contributed by atoms with van der Waals surface area (Å²) in [5.74, 6) is 1.19. The third kappa shape index (κ3) is 5.07. The van der Waals surface area contributed by atoms with Gasteiger partial charge in [0.2, 0.25) is 0 Å². The third-order valence-corrected chi connectivity index (χ3v) is 3.77. The Morgan fingerprint density at radius 3 is 2.22 bits per heavy atom. The molecule has 0 bridgehead atoms. The lowest BCUT2D eigenvalue weighted by Gasteiger charge is -2.20. The minimum atomic E-state index is 0.163. The SMILES string of the molecule is CC(C)Cc1nc(C(C)C)c(CNC(C)(C)C)s1.